The number of ketones is 1. The maximum atomic E-state index is 12.5. The molecule has 0 unspecified atom stereocenters. The number of hydrogen-bond donors (Lipinski definition) is 1. The van der Waals surface area contributed by atoms with Crippen molar-refractivity contribution in [3.8, 4) is 11.5 Å². The Labute approximate surface area is 144 Å². The van der Waals surface area contributed by atoms with Crippen molar-refractivity contribution < 1.29 is 14.6 Å². The molecule has 1 aromatic carbocycles. The summed E-state index contributed by atoms with van der Waals surface area (Å²) < 4.78 is 6.28. The lowest BCUT2D eigenvalue weighted by atomic mass is 9.67. The van der Waals surface area contributed by atoms with E-state index in [-0.39, 0.29) is 17.1 Å². The standard InChI is InChI=1S/C21H28O3/c1-14-2-4-15(5-3-14)16-8-10-21(11-9-16)13-19(23)18-7-6-17(22)12-20(18)24-21/h6-7,12,14-16,22H,2-5,8-11,13H2,1H3. The molecule has 4 rings (SSSR count). The van der Waals surface area contributed by atoms with Crippen molar-refractivity contribution in [1.29, 1.82) is 0 Å². The maximum absolute atomic E-state index is 12.5. The van der Waals surface area contributed by atoms with E-state index in [1.807, 2.05) is 0 Å². The number of carbonyl (C=O) groups is 1. The zero-order chi connectivity index (χ0) is 16.7. The smallest absolute Gasteiger partial charge is 0.170 e. The normalized spacial score (nSPS) is 36.2. The number of Topliss-reactive ketones (excluding diaryl/α,β-unsaturated/α-hetero) is 1. The molecule has 1 heterocycles. The average molecular weight is 328 g/mol. The second-order valence-corrected chi connectivity index (χ2v) is 8.42. The lowest BCUT2D eigenvalue weighted by Crippen LogP contribution is -2.45. The summed E-state index contributed by atoms with van der Waals surface area (Å²) in [5.74, 6) is 3.52. The summed E-state index contributed by atoms with van der Waals surface area (Å²) in [7, 11) is 0. The van der Waals surface area contributed by atoms with Gasteiger partial charge in [-0.05, 0) is 68.4 Å². The molecule has 2 fully saturated rings. The summed E-state index contributed by atoms with van der Waals surface area (Å²) in [5, 5.41) is 9.70. The summed E-state index contributed by atoms with van der Waals surface area (Å²) in [6, 6.07) is 4.86. The third kappa shape index (κ3) is 2.94. The van der Waals surface area contributed by atoms with Crippen LogP contribution in [0, 0.1) is 17.8 Å². The molecule has 130 valence electrons. The molecule has 0 bridgehead atoms. The summed E-state index contributed by atoms with van der Waals surface area (Å²) >= 11 is 0. The van der Waals surface area contributed by atoms with E-state index >= 15 is 0 Å². The maximum Gasteiger partial charge on any atom is 0.170 e. The lowest BCUT2D eigenvalue weighted by Gasteiger charge is -2.45. The zero-order valence-electron chi connectivity index (χ0n) is 14.6. The molecule has 0 saturated heterocycles. The number of benzene rings is 1. The van der Waals surface area contributed by atoms with Crippen molar-refractivity contribution in [1.82, 2.24) is 0 Å². The van der Waals surface area contributed by atoms with Gasteiger partial charge in [0.15, 0.2) is 5.78 Å². The van der Waals surface area contributed by atoms with Gasteiger partial charge in [0.1, 0.15) is 17.1 Å². The number of aromatic hydroxyl groups is 1. The number of hydrogen-bond acceptors (Lipinski definition) is 3. The van der Waals surface area contributed by atoms with Crippen LogP contribution in [0.4, 0.5) is 0 Å². The van der Waals surface area contributed by atoms with Crippen LogP contribution in [0.3, 0.4) is 0 Å². The minimum atomic E-state index is -0.323. The molecule has 0 amide bonds. The van der Waals surface area contributed by atoms with E-state index in [1.165, 1.54) is 38.5 Å². The Balaban J connectivity index is 1.44. The van der Waals surface area contributed by atoms with Crippen LogP contribution in [-0.4, -0.2) is 16.5 Å². The molecule has 1 aliphatic heterocycles. The van der Waals surface area contributed by atoms with Crippen molar-refractivity contribution in [2.75, 3.05) is 0 Å². The SMILES string of the molecule is CC1CCC(C2CCC3(CC2)CC(=O)c2ccc(O)cc2O3)CC1. The van der Waals surface area contributed by atoms with Crippen LogP contribution in [0.2, 0.25) is 0 Å². The van der Waals surface area contributed by atoms with E-state index < -0.39 is 0 Å². The van der Waals surface area contributed by atoms with Crippen LogP contribution in [0.15, 0.2) is 18.2 Å². The average Bonchev–Trinajstić information content (AvgIpc) is 2.56. The van der Waals surface area contributed by atoms with Gasteiger partial charge in [-0.25, -0.2) is 0 Å². The number of ether oxygens (including phenoxy) is 1. The van der Waals surface area contributed by atoms with Crippen LogP contribution in [-0.2, 0) is 0 Å². The quantitative estimate of drug-likeness (QED) is 0.779. The fourth-order valence-corrected chi connectivity index (χ4v) is 5.16. The molecule has 0 atom stereocenters. The van der Waals surface area contributed by atoms with Crippen molar-refractivity contribution >= 4 is 5.78 Å². The molecule has 0 radical (unpaired) electrons. The molecule has 2 aliphatic carbocycles. The molecule has 1 aromatic rings. The Hall–Kier alpha value is -1.51. The van der Waals surface area contributed by atoms with Crippen LogP contribution >= 0.6 is 0 Å². The van der Waals surface area contributed by atoms with Crippen molar-refractivity contribution in [3.05, 3.63) is 23.8 Å². The van der Waals surface area contributed by atoms with Crippen LogP contribution in [0.5, 0.6) is 11.5 Å². The van der Waals surface area contributed by atoms with Crippen LogP contribution in [0.1, 0.15) is 75.1 Å². The van der Waals surface area contributed by atoms with E-state index in [9.17, 15) is 9.90 Å². The highest BCUT2D eigenvalue weighted by Gasteiger charge is 2.44. The zero-order valence-corrected chi connectivity index (χ0v) is 14.6. The number of phenolic OH excluding ortho intramolecular Hbond substituents is 1. The van der Waals surface area contributed by atoms with E-state index in [4.69, 9.17) is 4.74 Å². The van der Waals surface area contributed by atoms with Crippen molar-refractivity contribution in [3.63, 3.8) is 0 Å². The lowest BCUT2D eigenvalue weighted by molar-refractivity contribution is -0.00913. The molecule has 0 aromatic heterocycles. The van der Waals surface area contributed by atoms with Gasteiger partial charge in [-0.1, -0.05) is 19.8 Å². The first-order chi connectivity index (χ1) is 11.5. The highest BCUT2D eigenvalue weighted by Crippen LogP contribution is 2.47. The Bertz CT molecular complexity index is 620. The van der Waals surface area contributed by atoms with Gasteiger partial charge in [0, 0.05) is 6.07 Å². The van der Waals surface area contributed by atoms with E-state index in [1.54, 1.807) is 18.2 Å². The van der Waals surface area contributed by atoms with Gasteiger partial charge in [0.25, 0.3) is 0 Å². The fraction of sp³-hybridized carbons (Fsp3) is 0.667. The van der Waals surface area contributed by atoms with Gasteiger partial charge < -0.3 is 9.84 Å². The van der Waals surface area contributed by atoms with Gasteiger partial charge in [-0.2, -0.15) is 0 Å². The third-order valence-electron chi connectivity index (χ3n) is 6.74. The summed E-state index contributed by atoms with van der Waals surface area (Å²) in [6.07, 6.45) is 10.3. The number of phenols is 1. The Morgan fingerprint density at radius 1 is 1.04 bits per heavy atom. The molecule has 1 spiro atoms. The Morgan fingerprint density at radius 2 is 1.71 bits per heavy atom. The number of carbonyl (C=O) groups excluding carboxylic acids is 1. The van der Waals surface area contributed by atoms with Gasteiger partial charge in [-0.3, -0.25) is 4.79 Å². The van der Waals surface area contributed by atoms with Crippen LogP contribution in [0.25, 0.3) is 0 Å². The van der Waals surface area contributed by atoms with Crippen LogP contribution < -0.4 is 4.74 Å². The van der Waals surface area contributed by atoms with Gasteiger partial charge >= 0.3 is 0 Å². The molecule has 3 aliphatic rings. The molecule has 1 N–H and O–H groups in total. The first-order valence-corrected chi connectivity index (χ1v) is 9.60. The summed E-state index contributed by atoms with van der Waals surface area (Å²) in [6.45, 7) is 2.38. The molecule has 3 nitrogen and oxygen atoms in total. The Morgan fingerprint density at radius 3 is 2.42 bits per heavy atom. The largest absolute Gasteiger partial charge is 0.508 e. The Kier molecular flexibility index (Phi) is 4.06. The topological polar surface area (TPSA) is 46.5 Å². The molecule has 2 saturated carbocycles. The monoisotopic (exact) mass is 328 g/mol. The second kappa shape index (κ2) is 6.09. The number of rotatable bonds is 1. The van der Waals surface area contributed by atoms with E-state index in [0.717, 1.165) is 30.6 Å². The molecular weight excluding hydrogens is 300 g/mol. The number of fused-ring (bicyclic) bond motifs is 1. The molecule has 3 heteroatoms. The van der Waals surface area contributed by atoms with E-state index in [0.29, 0.717) is 17.7 Å². The fourth-order valence-electron chi connectivity index (χ4n) is 5.16. The van der Waals surface area contributed by atoms with Crippen molar-refractivity contribution in [2.24, 2.45) is 17.8 Å². The first kappa shape index (κ1) is 16.0. The third-order valence-corrected chi connectivity index (χ3v) is 6.74. The van der Waals surface area contributed by atoms with Crippen molar-refractivity contribution in [2.45, 2.75) is 70.3 Å². The predicted molar refractivity (Wildman–Crippen MR) is 93.5 cm³/mol. The minimum Gasteiger partial charge on any atom is -0.508 e. The summed E-state index contributed by atoms with van der Waals surface area (Å²) in [4.78, 5) is 12.5. The van der Waals surface area contributed by atoms with Gasteiger partial charge in [0.2, 0.25) is 0 Å². The summed E-state index contributed by atoms with van der Waals surface area (Å²) in [5.41, 5.74) is 0.304. The minimum absolute atomic E-state index is 0.168. The highest BCUT2D eigenvalue weighted by atomic mass is 16.5. The highest BCUT2D eigenvalue weighted by molar-refractivity contribution is 6.00. The van der Waals surface area contributed by atoms with Gasteiger partial charge in [0.05, 0.1) is 12.0 Å². The van der Waals surface area contributed by atoms with Gasteiger partial charge in [-0.15, -0.1) is 0 Å². The first-order valence-electron chi connectivity index (χ1n) is 9.60. The predicted octanol–water partition coefficient (Wildman–Crippen LogP) is 5.11. The van der Waals surface area contributed by atoms with E-state index in [2.05, 4.69) is 6.92 Å². The molecule has 24 heavy (non-hydrogen) atoms. The second-order valence-electron chi connectivity index (χ2n) is 8.42. The molecular formula is C21H28O3.